The first-order chi connectivity index (χ1) is 11.8. The molecule has 1 aliphatic heterocycles. The van der Waals surface area contributed by atoms with Gasteiger partial charge in [-0.3, -0.25) is 9.59 Å². The summed E-state index contributed by atoms with van der Waals surface area (Å²) in [7, 11) is 3.45. The number of carbonyl (C=O) groups excluding carboxylic acids is 2. The van der Waals surface area contributed by atoms with Crippen LogP contribution in [0, 0.1) is 6.92 Å². The summed E-state index contributed by atoms with van der Waals surface area (Å²) in [5.74, 6) is -0.137. The van der Waals surface area contributed by atoms with E-state index in [0.29, 0.717) is 24.2 Å². The van der Waals surface area contributed by atoms with E-state index >= 15 is 0 Å². The summed E-state index contributed by atoms with van der Waals surface area (Å²) in [6, 6.07) is 1.57. The van der Waals surface area contributed by atoms with Crippen LogP contribution in [-0.4, -0.2) is 63.1 Å². The maximum Gasteiger partial charge on any atom is 0.255 e. The first-order valence-electron chi connectivity index (χ1n) is 8.68. The van der Waals surface area contributed by atoms with Crippen LogP contribution in [0.5, 0.6) is 0 Å². The third kappa shape index (κ3) is 2.99. The Balaban J connectivity index is 2.04. The molecule has 0 saturated carbocycles. The van der Waals surface area contributed by atoms with Crippen molar-refractivity contribution in [3.8, 4) is 0 Å². The van der Waals surface area contributed by atoms with E-state index in [9.17, 15) is 9.59 Å². The Morgan fingerprint density at radius 1 is 1.32 bits per heavy atom. The smallest absolute Gasteiger partial charge is 0.255 e. The molecule has 3 rings (SSSR count). The van der Waals surface area contributed by atoms with Crippen molar-refractivity contribution < 1.29 is 9.59 Å². The predicted octanol–water partition coefficient (Wildman–Crippen LogP) is 2.01. The number of likely N-dealkylation sites (N-methyl/N-ethyl adjacent to an activating group) is 1. The Bertz CT molecular complexity index is 824. The number of nitrogens with zero attached hydrogens (tertiary/aromatic N) is 5. The molecule has 25 heavy (non-hydrogen) atoms. The van der Waals surface area contributed by atoms with Gasteiger partial charge in [-0.25, -0.2) is 9.67 Å². The van der Waals surface area contributed by atoms with Crippen LogP contribution < -0.4 is 0 Å². The summed E-state index contributed by atoms with van der Waals surface area (Å²) >= 11 is 0. The van der Waals surface area contributed by atoms with Gasteiger partial charge in [0, 0.05) is 32.4 Å². The van der Waals surface area contributed by atoms with Crippen molar-refractivity contribution >= 4 is 22.8 Å². The number of aryl methyl sites for hydroxylation is 1. The number of likely N-dealkylation sites (tertiary alicyclic amines) is 1. The lowest BCUT2D eigenvalue weighted by molar-refractivity contribution is -0.132. The second-order valence-corrected chi connectivity index (χ2v) is 7.12. The van der Waals surface area contributed by atoms with Gasteiger partial charge in [-0.15, -0.1) is 0 Å². The molecule has 1 unspecified atom stereocenters. The van der Waals surface area contributed by atoms with Crippen LogP contribution in [0.4, 0.5) is 0 Å². The van der Waals surface area contributed by atoms with Crippen LogP contribution in [-0.2, 0) is 4.79 Å². The lowest BCUT2D eigenvalue weighted by Crippen LogP contribution is -2.45. The van der Waals surface area contributed by atoms with E-state index in [1.54, 1.807) is 36.2 Å². The Hall–Kier alpha value is -2.44. The molecule has 7 nitrogen and oxygen atoms in total. The van der Waals surface area contributed by atoms with E-state index in [1.807, 2.05) is 25.5 Å². The number of amides is 2. The molecule has 0 spiro atoms. The summed E-state index contributed by atoms with van der Waals surface area (Å²) in [5, 5.41) is 5.14. The molecule has 7 heteroatoms. The van der Waals surface area contributed by atoms with Crippen LogP contribution in [0.15, 0.2) is 12.3 Å². The molecular weight excluding hydrogens is 318 g/mol. The molecule has 2 aromatic heterocycles. The first-order valence-corrected chi connectivity index (χ1v) is 8.68. The third-order valence-corrected chi connectivity index (χ3v) is 4.65. The van der Waals surface area contributed by atoms with E-state index in [1.165, 1.54) is 0 Å². The molecule has 0 N–H and O–H groups in total. The summed E-state index contributed by atoms with van der Waals surface area (Å²) < 4.78 is 1.82. The number of hydrogen-bond acceptors (Lipinski definition) is 4. The SMILES string of the molecule is Cc1cc(C(=O)N2CCCC2C(=O)N(C)C)c2cnn(C(C)C)c2n1. The van der Waals surface area contributed by atoms with Crippen molar-refractivity contribution in [2.75, 3.05) is 20.6 Å². The van der Waals surface area contributed by atoms with E-state index in [4.69, 9.17) is 0 Å². The fourth-order valence-electron chi connectivity index (χ4n) is 3.42. The second-order valence-electron chi connectivity index (χ2n) is 7.12. The number of aromatic nitrogens is 3. The van der Waals surface area contributed by atoms with Gasteiger partial charge >= 0.3 is 0 Å². The fourth-order valence-corrected chi connectivity index (χ4v) is 3.42. The van der Waals surface area contributed by atoms with Gasteiger partial charge in [-0.05, 0) is 39.7 Å². The number of hydrogen-bond donors (Lipinski definition) is 0. The van der Waals surface area contributed by atoms with Crippen molar-refractivity contribution in [3.05, 3.63) is 23.5 Å². The molecule has 2 amide bonds. The summed E-state index contributed by atoms with van der Waals surface area (Å²) in [6.45, 7) is 6.54. The highest BCUT2D eigenvalue weighted by atomic mass is 16.2. The minimum absolute atomic E-state index is 0.0225. The highest BCUT2D eigenvalue weighted by Gasteiger charge is 2.36. The molecule has 0 aliphatic carbocycles. The maximum absolute atomic E-state index is 13.2. The zero-order chi connectivity index (χ0) is 18.3. The minimum atomic E-state index is -0.383. The van der Waals surface area contributed by atoms with E-state index in [-0.39, 0.29) is 23.9 Å². The average molecular weight is 343 g/mol. The Kier molecular flexibility index (Phi) is 4.49. The molecule has 1 atom stereocenters. The minimum Gasteiger partial charge on any atom is -0.347 e. The van der Waals surface area contributed by atoms with Gasteiger partial charge in [0.15, 0.2) is 5.65 Å². The first kappa shape index (κ1) is 17.4. The van der Waals surface area contributed by atoms with Gasteiger partial charge in [0.25, 0.3) is 5.91 Å². The van der Waals surface area contributed by atoms with Crippen molar-refractivity contribution in [1.29, 1.82) is 0 Å². The van der Waals surface area contributed by atoms with Crippen LogP contribution >= 0.6 is 0 Å². The number of rotatable bonds is 3. The molecule has 1 aliphatic rings. The number of fused-ring (bicyclic) bond motifs is 1. The van der Waals surface area contributed by atoms with Crippen molar-refractivity contribution in [3.63, 3.8) is 0 Å². The largest absolute Gasteiger partial charge is 0.347 e. The van der Waals surface area contributed by atoms with E-state index in [0.717, 1.165) is 17.5 Å². The Morgan fingerprint density at radius 2 is 2.04 bits per heavy atom. The summed E-state index contributed by atoms with van der Waals surface area (Å²) in [4.78, 5) is 33.5. The molecule has 134 valence electrons. The highest BCUT2D eigenvalue weighted by Crippen LogP contribution is 2.26. The van der Waals surface area contributed by atoms with Crippen molar-refractivity contribution in [1.82, 2.24) is 24.6 Å². The Morgan fingerprint density at radius 3 is 2.68 bits per heavy atom. The average Bonchev–Trinajstić information content (AvgIpc) is 3.19. The normalized spacial score (nSPS) is 17.5. The molecule has 0 aromatic carbocycles. The van der Waals surface area contributed by atoms with Crippen molar-refractivity contribution in [2.24, 2.45) is 0 Å². The van der Waals surface area contributed by atoms with Crippen LogP contribution in [0.1, 0.15) is 48.8 Å². The zero-order valence-electron chi connectivity index (χ0n) is 15.5. The van der Waals surface area contributed by atoms with E-state index in [2.05, 4.69) is 10.1 Å². The Labute approximate surface area is 147 Å². The molecule has 1 saturated heterocycles. The quantitative estimate of drug-likeness (QED) is 0.855. The highest BCUT2D eigenvalue weighted by molar-refractivity contribution is 6.07. The third-order valence-electron chi connectivity index (χ3n) is 4.65. The fraction of sp³-hybridized carbons (Fsp3) is 0.556. The van der Waals surface area contributed by atoms with Gasteiger partial charge < -0.3 is 9.80 Å². The van der Waals surface area contributed by atoms with Gasteiger partial charge in [-0.1, -0.05) is 0 Å². The summed E-state index contributed by atoms with van der Waals surface area (Å²) in [5.41, 5.74) is 2.06. The van der Waals surface area contributed by atoms with Gasteiger partial charge in [0.05, 0.1) is 17.1 Å². The van der Waals surface area contributed by atoms with Gasteiger partial charge in [-0.2, -0.15) is 5.10 Å². The molecule has 3 heterocycles. The molecule has 0 bridgehead atoms. The molecule has 2 aromatic rings. The van der Waals surface area contributed by atoms with E-state index < -0.39 is 0 Å². The topological polar surface area (TPSA) is 71.3 Å². The lowest BCUT2D eigenvalue weighted by atomic mass is 10.1. The van der Waals surface area contributed by atoms with Gasteiger partial charge in [0.1, 0.15) is 6.04 Å². The zero-order valence-corrected chi connectivity index (χ0v) is 15.5. The predicted molar refractivity (Wildman–Crippen MR) is 95.4 cm³/mol. The number of carbonyl (C=O) groups is 2. The molecule has 0 radical (unpaired) electrons. The maximum atomic E-state index is 13.2. The molecule has 1 fully saturated rings. The van der Waals surface area contributed by atoms with Crippen LogP contribution in [0.3, 0.4) is 0 Å². The lowest BCUT2D eigenvalue weighted by Gasteiger charge is -2.26. The van der Waals surface area contributed by atoms with Gasteiger partial charge in [0.2, 0.25) is 5.91 Å². The number of pyridine rings is 1. The molecular formula is C18H25N5O2. The van der Waals surface area contributed by atoms with Crippen molar-refractivity contribution in [2.45, 2.75) is 45.7 Å². The summed E-state index contributed by atoms with van der Waals surface area (Å²) in [6.07, 6.45) is 3.25. The van der Waals surface area contributed by atoms with Crippen LogP contribution in [0.2, 0.25) is 0 Å². The van der Waals surface area contributed by atoms with Crippen LogP contribution in [0.25, 0.3) is 11.0 Å². The monoisotopic (exact) mass is 343 g/mol. The standard InChI is InChI=1S/C18H25N5O2/c1-11(2)23-16-14(10-19-23)13(9-12(3)20-16)17(24)22-8-6-7-15(22)18(25)21(4)5/h9-11,15H,6-8H2,1-5H3. The second kappa shape index (κ2) is 6.46.